The largest absolute Gasteiger partial charge is 0.370 e. The number of likely N-dealkylation sites (tertiary alicyclic amines) is 1. The van der Waals surface area contributed by atoms with Gasteiger partial charge in [0, 0.05) is 48.4 Å². The number of hydrogen-bond acceptors (Lipinski definition) is 6. The van der Waals surface area contributed by atoms with Crippen LogP contribution in [0.3, 0.4) is 0 Å². The Morgan fingerprint density at radius 2 is 2.18 bits per heavy atom. The lowest BCUT2D eigenvalue weighted by Crippen LogP contribution is -2.47. The number of nitrogens with two attached hydrogens (primary N) is 1. The van der Waals surface area contributed by atoms with Crippen molar-refractivity contribution in [1.82, 2.24) is 4.90 Å². The zero-order valence-electron chi connectivity index (χ0n) is 16.3. The molecule has 3 aliphatic rings. The number of nitrogens with zero attached hydrogens (tertiary/aromatic N) is 3. The highest BCUT2D eigenvalue weighted by molar-refractivity contribution is 7.12. The van der Waals surface area contributed by atoms with E-state index in [0.29, 0.717) is 18.7 Å². The van der Waals surface area contributed by atoms with Gasteiger partial charge in [0.25, 0.3) is 5.92 Å². The summed E-state index contributed by atoms with van der Waals surface area (Å²) in [6.07, 6.45) is 5.71. The first kappa shape index (κ1) is 19.9. The average Bonchev–Trinajstić information content (AvgIpc) is 3.13. The molecule has 28 heavy (non-hydrogen) atoms. The third-order valence-corrected chi connectivity index (χ3v) is 7.60. The zero-order chi connectivity index (χ0) is 19.8. The van der Waals surface area contributed by atoms with E-state index in [1.807, 2.05) is 11.3 Å². The lowest BCUT2D eigenvalue weighted by molar-refractivity contribution is -0.0954. The highest BCUT2D eigenvalue weighted by Gasteiger charge is 2.48. The number of piperidine rings is 1. The number of hydrazone groups is 1. The van der Waals surface area contributed by atoms with Gasteiger partial charge in [-0.25, -0.2) is 8.78 Å². The Bertz CT molecular complexity index is 768. The molecule has 1 aromatic heterocycles. The van der Waals surface area contributed by atoms with Crippen molar-refractivity contribution in [2.45, 2.75) is 63.0 Å². The fraction of sp³-hybridized carbons (Fsp3) is 0.700. The molecular weight excluding hydrogens is 382 g/mol. The average molecular weight is 411 g/mol. The number of halogens is 2. The number of rotatable bonds is 5. The van der Waals surface area contributed by atoms with E-state index >= 15 is 0 Å². The molecule has 1 saturated heterocycles. The van der Waals surface area contributed by atoms with Crippen LogP contribution in [0.5, 0.6) is 0 Å². The fourth-order valence-electron chi connectivity index (χ4n) is 4.33. The molecule has 3 heterocycles. The van der Waals surface area contributed by atoms with Gasteiger partial charge in [0.2, 0.25) is 0 Å². The van der Waals surface area contributed by atoms with Crippen LogP contribution >= 0.6 is 11.3 Å². The maximum atomic E-state index is 13.4. The molecule has 1 aliphatic carbocycles. The summed E-state index contributed by atoms with van der Waals surface area (Å²) in [4.78, 5) is 9.18. The lowest BCUT2D eigenvalue weighted by atomic mass is 9.82. The van der Waals surface area contributed by atoms with E-state index in [0.717, 1.165) is 45.4 Å². The minimum absolute atomic E-state index is 0.0807. The molecule has 0 bridgehead atoms. The van der Waals surface area contributed by atoms with Gasteiger partial charge in [-0.2, -0.15) is 5.10 Å². The van der Waals surface area contributed by atoms with Crippen molar-refractivity contribution < 1.29 is 13.5 Å². The summed E-state index contributed by atoms with van der Waals surface area (Å²) in [6, 6.07) is 1.42. The maximum Gasteiger partial charge on any atom is 0.270 e. The fourth-order valence-corrected chi connectivity index (χ4v) is 5.51. The Labute approximate surface area is 168 Å². The Hall–Kier alpha value is -1.38. The molecule has 2 fully saturated rings. The summed E-state index contributed by atoms with van der Waals surface area (Å²) >= 11 is 1.93. The third kappa shape index (κ3) is 3.74. The van der Waals surface area contributed by atoms with Crippen LogP contribution in [0.25, 0.3) is 0 Å². The van der Waals surface area contributed by atoms with Crippen molar-refractivity contribution in [2.24, 2.45) is 15.9 Å². The van der Waals surface area contributed by atoms with Crippen molar-refractivity contribution >= 4 is 23.3 Å². The standard InChI is InChI=1S/C20H28F2N4OS/c1-2-15-11-16-17(28-15)4-10-27-19(16)6-8-26(9-7-19)13-14(25-23)12-24-18-3-5-20(18,21)22/h11-12,18H,2-10,13,23H2,1H3. The number of aliphatic imine (C=N–C) groups is 1. The highest BCUT2D eigenvalue weighted by atomic mass is 32.1. The normalized spacial score (nSPS) is 27.1. The second-order valence-electron chi connectivity index (χ2n) is 7.99. The van der Waals surface area contributed by atoms with Crippen LogP contribution in [-0.2, 0) is 23.2 Å². The quantitative estimate of drug-likeness (QED) is 0.460. The molecule has 1 aromatic rings. The molecule has 0 radical (unpaired) electrons. The van der Waals surface area contributed by atoms with Gasteiger partial charge in [-0.15, -0.1) is 11.3 Å². The minimum Gasteiger partial charge on any atom is -0.370 e. The molecular formula is C20H28F2N4OS. The molecule has 5 nitrogen and oxygen atoms in total. The second kappa shape index (κ2) is 7.80. The molecule has 1 saturated carbocycles. The SMILES string of the molecule is CCc1cc2c(s1)CCOC21CCN(CC(C=NC2CCC2(F)F)=NN)CC1. The molecule has 1 spiro atoms. The van der Waals surface area contributed by atoms with Crippen LogP contribution in [0.15, 0.2) is 16.2 Å². The number of thiophene rings is 1. The summed E-state index contributed by atoms with van der Waals surface area (Å²) < 4.78 is 33.0. The molecule has 1 unspecified atom stereocenters. The van der Waals surface area contributed by atoms with Gasteiger partial charge in [0.05, 0.1) is 17.9 Å². The van der Waals surface area contributed by atoms with Crippen LogP contribution in [0, 0.1) is 0 Å². The van der Waals surface area contributed by atoms with Crippen LogP contribution in [0.4, 0.5) is 8.78 Å². The van der Waals surface area contributed by atoms with Crippen molar-refractivity contribution in [2.75, 3.05) is 26.2 Å². The number of hydrogen-bond donors (Lipinski definition) is 1. The molecule has 0 aromatic carbocycles. The topological polar surface area (TPSA) is 63.2 Å². The molecule has 8 heteroatoms. The molecule has 1 atom stereocenters. The van der Waals surface area contributed by atoms with E-state index in [4.69, 9.17) is 10.6 Å². The van der Waals surface area contributed by atoms with Crippen molar-refractivity contribution in [1.29, 1.82) is 0 Å². The maximum absolute atomic E-state index is 13.4. The Kier molecular flexibility index (Phi) is 5.55. The van der Waals surface area contributed by atoms with E-state index < -0.39 is 12.0 Å². The number of ether oxygens (including phenoxy) is 1. The van der Waals surface area contributed by atoms with Gasteiger partial charge in [-0.05, 0) is 37.3 Å². The second-order valence-corrected chi connectivity index (χ2v) is 9.21. The van der Waals surface area contributed by atoms with Crippen LogP contribution in [0.1, 0.15) is 47.9 Å². The van der Waals surface area contributed by atoms with Crippen molar-refractivity contribution in [3.05, 3.63) is 21.4 Å². The summed E-state index contributed by atoms with van der Waals surface area (Å²) in [7, 11) is 0. The highest BCUT2D eigenvalue weighted by Crippen LogP contribution is 2.44. The van der Waals surface area contributed by atoms with E-state index in [2.05, 4.69) is 28.0 Å². The van der Waals surface area contributed by atoms with E-state index in [1.165, 1.54) is 21.5 Å². The van der Waals surface area contributed by atoms with E-state index in [-0.39, 0.29) is 12.0 Å². The molecule has 4 rings (SSSR count). The van der Waals surface area contributed by atoms with Gasteiger partial charge in [0.1, 0.15) is 6.04 Å². The monoisotopic (exact) mass is 410 g/mol. The molecule has 2 aliphatic heterocycles. The predicted octanol–water partition coefficient (Wildman–Crippen LogP) is 3.36. The summed E-state index contributed by atoms with van der Waals surface area (Å²) in [5.41, 5.74) is 1.77. The van der Waals surface area contributed by atoms with Gasteiger partial charge in [0.15, 0.2) is 0 Å². The molecule has 154 valence electrons. The lowest BCUT2D eigenvalue weighted by Gasteiger charge is -2.44. The van der Waals surface area contributed by atoms with Crippen LogP contribution < -0.4 is 5.84 Å². The molecule has 2 N–H and O–H groups in total. The first-order chi connectivity index (χ1) is 13.5. The Balaban J connectivity index is 1.37. The zero-order valence-corrected chi connectivity index (χ0v) is 17.1. The third-order valence-electron chi connectivity index (χ3n) is 6.26. The summed E-state index contributed by atoms with van der Waals surface area (Å²) in [6.45, 7) is 5.24. The predicted molar refractivity (Wildman–Crippen MR) is 109 cm³/mol. The number of fused-ring (bicyclic) bond motifs is 2. The van der Waals surface area contributed by atoms with E-state index in [9.17, 15) is 8.78 Å². The first-order valence-corrected chi connectivity index (χ1v) is 10.9. The Morgan fingerprint density at radius 1 is 1.39 bits per heavy atom. The van der Waals surface area contributed by atoms with Crippen molar-refractivity contribution in [3.8, 4) is 0 Å². The summed E-state index contributed by atoms with van der Waals surface area (Å²) in [5.74, 6) is 2.80. The summed E-state index contributed by atoms with van der Waals surface area (Å²) in [5, 5.41) is 3.77. The van der Waals surface area contributed by atoms with Gasteiger partial charge >= 0.3 is 0 Å². The van der Waals surface area contributed by atoms with Gasteiger partial charge in [-0.3, -0.25) is 9.89 Å². The number of aryl methyl sites for hydroxylation is 1. The molecule has 0 amide bonds. The minimum atomic E-state index is -2.68. The van der Waals surface area contributed by atoms with Gasteiger partial charge < -0.3 is 10.6 Å². The Morgan fingerprint density at radius 3 is 2.79 bits per heavy atom. The van der Waals surface area contributed by atoms with Crippen molar-refractivity contribution in [3.63, 3.8) is 0 Å². The van der Waals surface area contributed by atoms with Crippen LogP contribution in [-0.4, -0.2) is 55.0 Å². The smallest absolute Gasteiger partial charge is 0.270 e. The van der Waals surface area contributed by atoms with Gasteiger partial charge in [-0.1, -0.05) is 6.92 Å². The first-order valence-electron chi connectivity index (χ1n) is 10.1. The van der Waals surface area contributed by atoms with Crippen LogP contribution in [0.2, 0.25) is 0 Å². The van der Waals surface area contributed by atoms with E-state index in [1.54, 1.807) is 0 Å². The number of alkyl halides is 2.